The van der Waals surface area contributed by atoms with Crippen molar-refractivity contribution in [2.75, 3.05) is 20.8 Å². The van der Waals surface area contributed by atoms with Gasteiger partial charge in [-0.1, -0.05) is 12.1 Å². The van der Waals surface area contributed by atoms with E-state index in [-0.39, 0.29) is 12.5 Å². The smallest absolute Gasteiger partial charge is 0.255 e. The number of benzene rings is 1. The third kappa shape index (κ3) is 3.46. The number of carbonyl (C=O) groups excluding carboxylic acids is 1. The summed E-state index contributed by atoms with van der Waals surface area (Å²) in [4.78, 5) is 13.5. The molecule has 2 aromatic heterocycles. The summed E-state index contributed by atoms with van der Waals surface area (Å²) in [7, 11) is 3.01. The fourth-order valence-electron chi connectivity index (χ4n) is 2.71. The summed E-state index contributed by atoms with van der Waals surface area (Å²) in [6.07, 6.45) is 0. The molecule has 1 amide bonds. The van der Waals surface area contributed by atoms with Crippen molar-refractivity contribution < 1.29 is 19.4 Å². The maximum absolute atomic E-state index is 12.7. The monoisotopic (exact) mass is 389 g/mol. The first-order valence-electron chi connectivity index (χ1n) is 7.88. The first-order valence-corrected chi connectivity index (χ1v) is 9.70. The minimum Gasteiger partial charge on any atom is -0.493 e. The molecule has 1 aromatic carbocycles. The molecule has 0 saturated carbocycles. The molecule has 0 aliphatic heterocycles. The van der Waals surface area contributed by atoms with Crippen LogP contribution in [-0.2, 0) is 5.60 Å². The highest BCUT2D eigenvalue weighted by atomic mass is 32.1. The molecule has 136 valence electrons. The SMILES string of the molecule is COc1cccc(C(=O)NCC(O)(c2ccsc2)c2cccs2)c1OC. The van der Waals surface area contributed by atoms with Gasteiger partial charge in [0, 0.05) is 10.4 Å². The second kappa shape index (κ2) is 7.90. The summed E-state index contributed by atoms with van der Waals surface area (Å²) in [5.74, 6) is 0.500. The molecule has 5 nitrogen and oxygen atoms in total. The predicted octanol–water partition coefficient (Wildman–Crippen LogP) is 3.49. The molecule has 3 aromatic rings. The maximum atomic E-state index is 12.7. The zero-order valence-corrected chi connectivity index (χ0v) is 16.0. The Morgan fingerprint density at radius 2 is 2.00 bits per heavy atom. The Bertz CT molecular complexity index is 826. The van der Waals surface area contributed by atoms with Gasteiger partial charge in [-0.15, -0.1) is 11.3 Å². The minimum absolute atomic E-state index is 0.0451. The standard InChI is InChI=1S/C19H19NO4S2/c1-23-15-6-3-5-14(17(15)24-2)18(21)20-12-19(22,13-8-10-25-11-13)16-7-4-9-26-16/h3-11,22H,12H2,1-2H3,(H,20,21). The number of thiophene rings is 2. The molecule has 0 spiro atoms. The van der Waals surface area contributed by atoms with Gasteiger partial charge in [0.25, 0.3) is 5.91 Å². The van der Waals surface area contributed by atoms with Crippen LogP contribution in [0.2, 0.25) is 0 Å². The zero-order chi connectivity index (χ0) is 18.6. The lowest BCUT2D eigenvalue weighted by Crippen LogP contribution is -2.41. The van der Waals surface area contributed by atoms with E-state index >= 15 is 0 Å². The van der Waals surface area contributed by atoms with Gasteiger partial charge < -0.3 is 19.9 Å². The Labute approximate surface area is 159 Å². The quantitative estimate of drug-likeness (QED) is 0.649. The van der Waals surface area contributed by atoms with Crippen molar-refractivity contribution in [3.05, 3.63) is 68.5 Å². The average Bonchev–Trinajstić information content (AvgIpc) is 3.39. The van der Waals surface area contributed by atoms with Crippen LogP contribution in [-0.4, -0.2) is 31.8 Å². The van der Waals surface area contributed by atoms with Gasteiger partial charge >= 0.3 is 0 Å². The number of aliphatic hydroxyl groups is 1. The number of para-hydroxylation sites is 1. The second-order valence-electron chi connectivity index (χ2n) is 5.57. The molecule has 1 atom stereocenters. The number of nitrogens with one attached hydrogen (secondary N) is 1. The van der Waals surface area contributed by atoms with Crippen molar-refractivity contribution in [2.45, 2.75) is 5.60 Å². The van der Waals surface area contributed by atoms with Gasteiger partial charge in [0.2, 0.25) is 0 Å². The Kier molecular flexibility index (Phi) is 5.61. The second-order valence-corrected chi connectivity index (χ2v) is 7.30. The van der Waals surface area contributed by atoms with E-state index in [1.807, 2.05) is 34.3 Å². The van der Waals surface area contributed by atoms with Crippen molar-refractivity contribution in [3.63, 3.8) is 0 Å². The Balaban J connectivity index is 1.86. The fourth-order valence-corrected chi connectivity index (χ4v) is 4.28. The van der Waals surface area contributed by atoms with Crippen LogP contribution in [0.4, 0.5) is 0 Å². The van der Waals surface area contributed by atoms with Crippen LogP contribution in [0.15, 0.2) is 52.5 Å². The Morgan fingerprint density at radius 1 is 1.15 bits per heavy atom. The van der Waals surface area contributed by atoms with Crippen LogP contribution >= 0.6 is 22.7 Å². The predicted molar refractivity (Wildman–Crippen MR) is 104 cm³/mol. The fraction of sp³-hybridized carbons (Fsp3) is 0.211. The zero-order valence-electron chi connectivity index (χ0n) is 14.4. The molecule has 2 heterocycles. The summed E-state index contributed by atoms with van der Waals surface area (Å²) in [6.45, 7) is 0.0451. The lowest BCUT2D eigenvalue weighted by Gasteiger charge is -2.27. The highest BCUT2D eigenvalue weighted by Crippen LogP contribution is 2.34. The highest BCUT2D eigenvalue weighted by molar-refractivity contribution is 7.10. The molecular weight excluding hydrogens is 370 g/mol. The van der Waals surface area contributed by atoms with E-state index < -0.39 is 5.60 Å². The first-order chi connectivity index (χ1) is 12.6. The average molecular weight is 389 g/mol. The molecule has 7 heteroatoms. The van der Waals surface area contributed by atoms with Gasteiger partial charge in [0.05, 0.1) is 26.3 Å². The number of ether oxygens (including phenoxy) is 2. The Morgan fingerprint density at radius 3 is 2.62 bits per heavy atom. The lowest BCUT2D eigenvalue weighted by atomic mass is 9.94. The minimum atomic E-state index is -1.28. The van der Waals surface area contributed by atoms with Crippen LogP contribution in [0, 0.1) is 0 Å². The van der Waals surface area contributed by atoms with Gasteiger partial charge in [0.15, 0.2) is 11.5 Å². The molecular formula is C19H19NO4S2. The van der Waals surface area contributed by atoms with Gasteiger partial charge in [-0.3, -0.25) is 4.79 Å². The largest absolute Gasteiger partial charge is 0.493 e. The van der Waals surface area contributed by atoms with Crippen molar-refractivity contribution in [3.8, 4) is 11.5 Å². The van der Waals surface area contributed by atoms with E-state index in [0.29, 0.717) is 17.1 Å². The molecule has 0 aliphatic rings. The molecule has 26 heavy (non-hydrogen) atoms. The van der Waals surface area contributed by atoms with E-state index in [1.165, 1.54) is 36.9 Å². The number of hydrogen-bond donors (Lipinski definition) is 2. The summed E-state index contributed by atoms with van der Waals surface area (Å²) in [5, 5.41) is 19.8. The van der Waals surface area contributed by atoms with E-state index in [1.54, 1.807) is 18.2 Å². The van der Waals surface area contributed by atoms with Crippen molar-refractivity contribution in [2.24, 2.45) is 0 Å². The van der Waals surface area contributed by atoms with E-state index in [4.69, 9.17) is 9.47 Å². The molecule has 0 aliphatic carbocycles. The summed E-state index contributed by atoms with van der Waals surface area (Å²) >= 11 is 2.95. The number of carbonyl (C=O) groups is 1. The van der Waals surface area contributed by atoms with Crippen molar-refractivity contribution in [1.29, 1.82) is 0 Å². The molecule has 0 bridgehead atoms. The van der Waals surface area contributed by atoms with E-state index in [9.17, 15) is 9.90 Å². The summed E-state index contributed by atoms with van der Waals surface area (Å²) in [5.41, 5.74) is -0.177. The molecule has 2 N–H and O–H groups in total. The summed E-state index contributed by atoms with van der Waals surface area (Å²) < 4.78 is 10.6. The topological polar surface area (TPSA) is 67.8 Å². The van der Waals surface area contributed by atoms with Crippen LogP contribution in [0.3, 0.4) is 0 Å². The van der Waals surface area contributed by atoms with Crippen molar-refractivity contribution >= 4 is 28.6 Å². The number of methoxy groups -OCH3 is 2. The van der Waals surface area contributed by atoms with Gasteiger partial charge in [-0.05, 0) is 40.4 Å². The third-order valence-electron chi connectivity index (χ3n) is 4.08. The Hall–Kier alpha value is -2.35. The number of amides is 1. The lowest BCUT2D eigenvalue weighted by molar-refractivity contribution is 0.0719. The number of rotatable bonds is 7. The van der Waals surface area contributed by atoms with E-state index in [0.717, 1.165) is 10.4 Å². The van der Waals surface area contributed by atoms with Crippen LogP contribution in [0.25, 0.3) is 0 Å². The van der Waals surface area contributed by atoms with Crippen LogP contribution in [0.5, 0.6) is 11.5 Å². The third-order valence-corrected chi connectivity index (χ3v) is 5.78. The summed E-state index contributed by atoms with van der Waals surface area (Å²) in [6, 6.07) is 10.7. The number of hydrogen-bond acceptors (Lipinski definition) is 6. The van der Waals surface area contributed by atoms with Crippen LogP contribution in [0.1, 0.15) is 20.8 Å². The normalized spacial score (nSPS) is 13.0. The van der Waals surface area contributed by atoms with Gasteiger partial charge in [-0.25, -0.2) is 0 Å². The van der Waals surface area contributed by atoms with Crippen molar-refractivity contribution in [1.82, 2.24) is 5.32 Å². The van der Waals surface area contributed by atoms with Crippen LogP contribution < -0.4 is 14.8 Å². The van der Waals surface area contributed by atoms with Gasteiger partial charge in [-0.2, -0.15) is 11.3 Å². The molecule has 0 fully saturated rings. The molecule has 0 saturated heterocycles. The highest BCUT2D eigenvalue weighted by Gasteiger charge is 2.34. The van der Waals surface area contributed by atoms with Gasteiger partial charge in [0.1, 0.15) is 5.60 Å². The molecule has 1 unspecified atom stereocenters. The maximum Gasteiger partial charge on any atom is 0.255 e. The first kappa shape index (κ1) is 18.4. The molecule has 0 radical (unpaired) electrons. The van der Waals surface area contributed by atoms with E-state index in [2.05, 4.69) is 5.32 Å². The molecule has 3 rings (SSSR count).